The number of likely N-dealkylation sites (N-methyl/N-ethyl adjacent to an activating group) is 1. The maximum atomic E-state index is 14.9. The Labute approximate surface area is 158 Å². The van der Waals surface area contributed by atoms with Crippen LogP contribution in [0.25, 0.3) is 11.3 Å². The molecule has 2 aliphatic heterocycles. The molecule has 2 fully saturated rings. The topological polar surface area (TPSA) is 41.5 Å². The fourth-order valence-electron chi connectivity index (χ4n) is 3.78. The van der Waals surface area contributed by atoms with Gasteiger partial charge >= 0.3 is 0 Å². The number of ether oxygens (including phenoxy) is 1. The smallest absolute Gasteiger partial charge is 0.191 e. The molecule has 5 nitrogen and oxygen atoms in total. The highest BCUT2D eigenvalue weighted by atomic mass is 19.1. The molecule has 0 saturated carbocycles. The largest absolute Gasteiger partial charge is 0.381 e. The summed E-state index contributed by atoms with van der Waals surface area (Å²) in [6.07, 6.45) is 3.60. The van der Waals surface area contributed by atoms with E-state index in [4.69, 9.17) is 4.74 Å². The van der Waals surface area contributed by atoms with E-state index in [1.54, 1.807) is 0 Å². The maximum absolute atomic E-state index is 14.9. The van der Waals surface area contributed by atoms with Gasteiger partial charge in [-0.25, -0.2) is 18.7 Å². The van der Waals surface area contributed by atoms with Crippen molar-refractivity contribution in [1.82, 2.24) is 14.9 Å². The van der Waals surface area contributed by atoms with Gasteiger partial charge < -0.3 is 9.64 Å². The van der Waals surface area contributed by atoms with Crippen LogP contribution in [0.2, 0.25) is 0 Å². The second-order valence-corrected chi connectivity index (χ2v) is 7.42. The van der Waals surface area contributed by atoms with Crippen molar-refractivity contribution >= 4 is 5.82 Å². The van der Waals surface area contributed by atoms with Crippen LogP contribution in [0.15, 0.2) is 30.6 Å². The van der Waals surface area contributed by atoms with Gasteiger partial charge in [0.25, 0.3) is 0 Å². The van der Waals surface area contributed by atoms with Crippen molar-refractivity contribution in [3.8, 4) is 11.3 Å². The highest BCUT2D eigenvalue weighted by molar-refractivity contribution is 5.64. The van der Waals surface area contributed by atoms with Crippen LogP contribution < -0.4 is 4.90 Å². The number of halogens is 2. The van der Waals surface area contributed by atoms with Gasteiger partial charge in [-0.15, -0.1) is 0 Å². The second-order valence-electron chi connectivity index (χ2n) is 7.42. The van der Waals surface area contributed by atoms with Crippen molar-refractivity contribution < 1.29 is 13.5 Å². The normalized spacial score (nSPS) is 18.7. The molecule has 4 rings (SSSR count). The first-order valence-electron chi connectivity index (χ1n) is 9.41. The highest BCUT2D eigenvalue weighted by Crippen LogP contribution is 2.30. The lowest BCUT2D eigenvalue weighted by atomic mass is 9.98. The molecule has 0 bridgehead atoms. The zero-order chi connectivity index (χ0) is 18.8. The Morgan fingerprint density at radius 1 is 1.11 bits per heavy atom. The second kappa shape index (κ2) is 7.86. The van der Waals surface area contributed by atoms with Crippen molar-refractivity contribution in [2.24, 2.45) is 5.92 Å². The van der Waals surface area contributed by atoms with E-state index in [-0.39, 0.29) is 11.5 Å². The Morgan fingerprint density at radius 3 is 2.52 bits per heavy atom. The number of rotatable bonds is 5. The number of benzene rings is 1. The first-order valence-corrected chi connectivity index (χ1v) is 9.41. The van der Waals surface area contributed by atoms with E-state index in [1.807, 2.05) is 4.90 Å². The van der Waals surface area contributed by atoms with Gasteiger partial charge in [0.15, 0.2) is 11.6 Å². The number of hydrogen-bond acceptors (Lipinski definition) is 5. The summed E-state index contributed by atoms with van der Waals surface area (Å²) in [6.45, 7) is 4.25. The fraction of sp³-hybridized carbons (Fsp3) is 0.500. The molecule has 2 aliphatic rings. The minimum Gasteiger partial charge on any atom is -0.381 e. The molecular weight excluding hydrogens is 350 g/mol. The summed E-state index contributed by atoms with van der Waals surface area (Å²) in [5.41, 5.74) is 0.755. The fourth-order valence-corrected chi connectivity index (χ4v) is 3.78. The SMILES string of the molecule is CN(CC1CCOCC1)C1CN(c2ncnc(-c3ccc(F)cc3)c2F)C1. The number of anilines is 1. The van der Waals surface area contributed by atoms with E-state index in [9.17, 15) is 8.78 Å². The molecule has 0 unspecified atom stereocenters. The number of hydrogen-bond donors (Lipinski definition) is 0. The van der Waals surface area contributed by atoms with Gasteiger partial charge in [-0.05, 0) is 50.1 Å². The lowest BCUT2D eigenvalue weighted by molar-refractivity contribution is 0.0480. The van der Waals surface area contributed by atoms with Crippen LogP contribution in [0, 0.1) is 17.6 Å². The Bertz CT molecular complexity index is 774. The summed E-state index contributed by atoms with van der Waals surface area (Å²) in [5.74, 6) is 0.194. The zero-order valence-electron chi connectivity index (χ0n) is 15.4. The molecule has 0 amide bonds. The van der Waals surface area contributed by atoms with Crippen LogP contribution >= 0.6 is 0 Å². The first-order chi connectivity index (χ1) is 13.1. The molecule has 27 heavy (non-hydrogen) atoms. The molecule has 0 radical (unpaired) electrons. The van der Waals surface area contributed by atoms with Crippen LogP contribution in [0.5, 0.6) is 0 Å². The van der Waals surface area contributed by atoms with Crippen LogP contribution in [-0.2, 0) is 4.74 Å². The summed E-state index contributed by atoms with van der Waals surface area (Å²) in [6, 6.07) is 6.08. The van der Waals surface area contributed by atoms with Gasteiger partial charge in [-0.2, -0.15) is 0 Å². The standard InChI is InChI=1S/C20H24F2N4O/c1-25(10-14-6-8-27-9-7-14)17-11-26(12-17)20-18(22)19(23-13-24-20)15-2-4-16(21)5-3-15/h2-5,13-14,17H,6-12H2,1H3. The van der Waals surface area contributed by atoms with Crippen molar-refractivity contribution in [1.29, 1.82) is 0 Å². The lowest BCUT2D eigenvalue weighted by Gasteiger charge is -2.45. The third kappa shape index (κ3) is 3.94. The summed E-state index contributed by atoms with van der Waals surface area (Å²) >= 11 is 0. The minimum atomic E-state index is -0.449. The third-order valence-electron chi connectivity index (χ3n) is 5.56. The maximum Gasteiger partial charge on any atom is 0.191 e. The molecule has 3 heterocycles. The predicted molar refractivity (Wildman–Crippen MR) is 99.6 cm³/mol. The van der Waals surface area contributed by atoms with E-state index in [1.165, 1.54) is 30.6 Å². The average molecular weight is 374 g/mol. The van der Waals surface area contributed by atoms with Gasteiger partial charge in [0.2, 0.25) is 0 Å². The summed E-state index contributed by atoms with van der Waals surface area (Å²) in [4.78, 5) is 12.5. The Hall–Kier alpha value is -2.12. The molecular formula is C20H24F2N4O. The molecule has 0 aliphatic carbocycles. The quantitative estimate of drug-likeness (QED) is 0.805. The average Bonchev–Trinajstić information content (AvgIpc) is 2.64. The van der Waals surface area contributed by atoms with Crippen LogP contribution in [0.3, 0.4) is 0 Å². The highest BCUT2D eigenvalue weighted by Gasteiger charge is 2.34. The van der Waals surface area contributed by atoms with Gasteiger partial charge in [0.1, 0.15) is 17.8 Å². The van der Waals surface area contributed by atoms with Crippen LogP contribution in [-0.4, -0.2) is 60.8 Å². The summed E-state index contributed by atoms with van der Waals surface area (Å²) < 4.78 is 33.5. The summed E-state index contributed by atoms with van der Waals surface area (Å²) in [7, 11) is 2.14. The van der Waals surface area contributed by atoms with Gasteiger partial charge in [-0.3, -0.25) is 4.90 Å². The third-order valence-corrected chi connectivity index (χ3v) is 5.56. The Morgan fingerprint density at radius 2 is 1.81 bits per heavy atom. The van der Waals surface area contributed by atoms with Crippen molar-refractivity contribution in [2.75, 3.05) is 44.8 Å². The van der Waals surface area contributed by atoms with Crippen molar-refractivity contribution in [3.05, 3.63) is 42.2 Å². The van der Waals surface area contributed by atoms with Gasteiger partial charge in [-0.1, -0.05) is 0 Å². The molecule has 2 aromatic rings. The Balaban J connectivity index is 1.40. The molecule has 0 spiro atoms. The molecule has 144 valence electrons. The molecule has 0 N–H and O–H groups in total. The zero-order valence-corrected chi connectivity index (χ0v) is 15.4. The van der Waals surface area contributed by atoms with Crippen molar-refractivity contribution in [2.45, 2.75) is 18.9 Å². The van der Waals surface area contributed by atoms with Gasteiger partial charge in [0.05, 0.1) is 0 Å². The lowest BCUT2D eigenvalue weighted by Crippen LogP contribution is -2.59. The van der Waals surface area contributed by atoms with E-state index in [2.05, 4.69) is 21.9 Å². The van der Waals surface area contributed by atoms with E-state index in [0.29, 0.717) is 23.3 Å². The van der Waals surface area contributed by atoms with E-state index >= 15 is 0 Å². The van der Waals surface area contributed by atoms with E-state index in [0.717, 1.165) is 45.7 Å². The van der Waals surface area contributed by atoms with Crippen LogP contribution in [0.1, 0.15) is 12.8 Å². The molecule has 1 aromatic heterocycles. The molecule has 0 atom stereocenters. The molecule has 7 heteroatoms. The van der Waals surface area contributed by atoms with E-state index < -0.39 is 5.82 Å². The number of nitrogens with zero attached hydrogens (tertiary/aromatic N) is 4. The first kappa shape index (κ1) is 18.3. The number of aromatic nitrogens is 2. The Kier molecular flexibility index (Phi) is 5.31. The monoisotopic (exact) mass is 374 g/mol. The van der Waals surface area contributed by atoms with Crippen LogP contribution in [0.4, 0.5) is 14.6 Å². The van der Waals surface area contributed by atoms with Crippen molar-refractivity contribution in [3.63, 3.8) is 0 Å². The summed E-state index contributed by atoms with van der Waals surface area (Å²) in [5, 5.41) is 0. The van der Waals surface area contributed by atoms with Gasteiger partial charge in [0, 0.05) is 44.5 Å². The minimum absolute atomic E-state index is 0.207. The predicted octanol–water partition coefficient (Wildman–Crippen LogP) is 2.97. The molecule has 2 saturated heterocycles. The molecule has 1 aromatic carbocycles.